The number of ether oxygens (including phenoxy) is 3. The Bertz CT molecular complexity index is 1150. The van der Waals surface area contributed by atoms with Gasteiger partial charge in [0.1, 0.15) is 6.61 Å². The molecule has 0 aromatic carbocycles. The molecule has 2 heterocycles. The van der Waals surface area contributed by atoms with Crippen LogP contribution in [0.1, 0.15) is 41.5 Å². The van der Waals surface area contributed by atoms with Gasteiger partial charge in [0.2, 0.25) is 23.7 Å². The monoisotopic (exact) mass is 509 g/mol. The van der Waals surface area contributed by atoms with Crippen LogP contribution in [0.15, 0.2) is 4.79 Å². The average molecular weight is 509 g/mol. The molecule has 1 aliphatic rings. The highest BCUT2D eigenvalue weighted by Gasteiger charge is 2.47. The van der Waals surface area contributed by atoms with Crippen molar-refractivity contribution in [2.24, 2.45) is 0 Å². The van der Waals surface area contributed by atoms with E-state index in [-0.39, 0.29) is 24.0 Å². The highest BCUT2D eigenvalue weighted by Crippen LogP contribution is 2.34. The summed E-state index contributed by atoms with van der Waals surface area (Å²) in [5.74, 6) is -4.70. The Kier molecular flexibility index (Phi) is 8.86. The average Bonchev–Trinajstić information content (AvgIpc) is 2.72. The number of carbonyl (C=O) groups excluding carboxylic acids is 6. The molecule has 0 saturated heterocycles. The van der Waals surface area contributed by atoms with Crippen molar-refractivity contribution < 1.29 is 43.0 Å². The summed E-state index contributed by atoms with van der Waals surface area (Å²) in [6, 6.07) is -1.27. The molecular formula is C21H27N5O10. The van der Waals surface area contributed by atoms with Gasteiger partial charge in [-0.15, -0.1) is 0 Å². The Balaban J connectivity index is 2.74. The van der Waals surface area contributed by atoms with Gasteiger partial charge in [-0.25, -0.2) is 0 Å². The van der Waals surface area contributed by atoms with E-state index in [9.17, 15) is 33.6 Å². The van der Waals surface area contributed by atoms with Crippen molar-refractivity contribution in [1.29, 1.82) is 0 Å². The van der Waals surface area contributed by atoms with Crippen LogP contribution in [-0.2, 0) is 43.0 Å². The molecule has 0 spiro atoms. The second kappa shape index (κ2) is 11.4. The number of H-pyrrole nitrogens is 1. The number of hydrogen-bond donors (Lipinski definition) is 2. The van der Waals surface area contributed by atoms with E-state index >= 15 is 0 Å². The van der Waals surface area contributed by atoms with E-state index in [0.29, 0.717) is 0 Å². The SMILES string of the molecule is CC(=O)Nc1nc2c(c(=O)[nH]1)N(C(C)=O)[C@@H]([C@H](OC(C)=O)[C@H](COC(C)=O)OC(C)=O)CN2C(C)=O. The van der Waals surface area contributed by atoms with Crippen LogP contribution < -0.4 is 20.7 Å². The number of nitrogens with zero attached hydrogens (tertiary/aromatic N) is 3. The second-order valence-corrected chi connectivity index (χ2v) is 7.88. The maximum Gasteiger partial charge on any atom is 0.303 e. The number of carbonyl (C=O) groups is 6. The lowest BCUT2D eigenvalue weighted by Crippen LogP contribution is -2.63. The number of hydrogen-bond acceptors (Lipinski definition) is 11. The lowest BCUT2D eigenvalue weighted by Gasteiger charge is -2.44. The van der Waals surface area contributed by atoms with E-state index in [1.807, 2.05) is 0 Å². The highest BCUT2D eigenvalue weighted by atomic mass is 16.6. The zero-order chi connectivity index (χ0) is 27.3. The molecule has 3 atom stereocenters. The van der Waals surface area contributed by atoms with Crippen molar-refractivity contribution in [2.75, 3.05) is 28.3 Å². The summed E-state index contributed by atoms with van der Waals surface area (Å²) < 4.78 is 15.6. The van der Waals surface area contributed by atoms with E-state index in [1.54, 1.807) is 0 Å². The van der Waals surface area contributed by atoms with Gasteiger partial charge in [0, 0.05) is 41.5 Å². The molecule has 0 saturated carbocycles. The van der Waals surface area contributed by atoms with Crippen molar-refractivity contribution in [2.45, 2.75) is 59.8 Å². The summed E-state index contributed by atoms with van der Waals surface area (Å²) in [5.41, 5.74) is -1.25. The second-order valence-electron chi connectivity index (χ2n) is 7.88. The Hall–Kier alpha value is -4.30. The maximum atomic E-state index is 13.1. The minimum absolute atomic E-state index is 0.230. The summed E-state index contributed by atoms with van der Waals surface area (Å²) >= 11 is 0. The summed E-state index contributed by atoms with van der Waals surface area (Å²) in [5, 5.41) is 2.30. The number of esters is 3. The van der Waals surface area contributed by atoms with E-state index in [2.05, 4.69) is 15.3 Å². The van der Waals surface area contributed by atoms with Crippen LogP contribution in [0.25, 0.3) is 0 Å². The van der Waals surface area contributed by atoms with Crippen molar-refractivity contribution in [3.05, 3.63) is 10.4 Å². The highest BCUT2D eigenvalue weighted by molar-refractivity contribution is 6.02. The van der Waals surface area contributed by atoms with Gasteiger partial charge < -0.3 is 14.2 Å². The summed E-state index contributed by atoms with van der Waals surface area (Å²) in [4.78, 5) is 93.5. The van der Waals surface area contributed by atoms with Crippen molar-refractivity contribution >= 4 is 53.1 Å². The number of aromatic nitrogens is 2. The van der Waals surface area contributed by atoms with Gasteiger partial charge in [-0.05, 0) is 0 Å². The molecule has 196 valence electrons. The van der Waals surface area contributed by atoms with Gasteiger partial charge in [0.25, 0.3) is 5.56 Å². The van der Waals surface area contributed by atoms with Crippen LogP contribution in [0.5, 0.6) is 0 Å². The van der Waals surface area contributed by atoms with Gasteiger partial charge in [-0.2, -0.15) is 4.98 Å². The predicted octanol–water partition coefficient (Wildman–Crippen LogP) is -0.757. The molecule has 0 unspecified atom stereocenters. The number of rotatable bonds is 7. The van der Waals surface area contributed by atoms with Crippen LogP contribution in [0.3, 0.4) is 0 Å². The zero-order valence-corrected chi connectivity index (χ0v) is 20.6. The van der Waals surface area contributed by atoms with E-state index in [1.165, 1.54) is 13.8 Å². The summed E-state index contributed by atoms with van der Waals surface area (Å²) in [6.45, 7) is 5.83. The quantitative estimate of drug-likeness (QED) is 0.346. The molecule has 0 bridgehead atoms. The first kappa shape index (κ1) is 27.9. The molecular weight excluding hydrogens is 482 g/mol. The normalized spacial score (nSPS) is 16.2. The minimum atomic E-state index is -1.47. The third-order valence-corrected chi connectivity index (χ3v) is 4.90. The molecule has 2 rings (SSSR count). The van der Waals surface area contributed by atoms with Crippen LogP contribution in [0.4, 0.5) is 17.5 Å². The van der Waals surface area contributed by atoms with Gasteiger partial charge in [0.05, 0.1) is 12.6 Å². The van der Waals surface area contributed by atoms with Crippen LogP contribution in [0, 0.1) is 0 Å². The first-order valence-electron chi connectivity index (χ1n) is 10.7. The predicted molar refractivity (Wildman–Crippen MR) is 122 cm³/mol. The Morgan fingerprint density at radius 1 is 0.972 bits per heavy atom. The van der Waals surface area contributed by atoms with Crippen LogP contribution in [0.2, 0.25) is 0 Å². The van der Waals surface area contributed by atoms with Gasteiger partial charge in [-0.1, -0.05) is 0 Å². The number of aromatic amines is 1. The molecule has 0 fully saturated rings. The number of fused-ring (bicyclic) bond motifs is 1. The smallest absolute Gasteiger partial charge is 0.303 e. The number of anilines is 3. The molecule has 0 aliphatic carbocycles. The van der Waals surface area contributed by atoms with E-state index in [4.69, 9.17) is 14.2 Å². The molecule has 0 radical (unpaired) electrons. The number of amides is 3. The molecule has 1 aromatic heterocycles. The van der Waals surface area contributed by atoms with Crippen molar-refractivity contribution in [1.82, 2.24) is 9.97 Å². The number of nitrogens with one attached hydrogen (secondary N) is 2. The van der Waals surface area contributed by atoms with Gasteiger partial charge >= 0.3 is 17.9 Å². The fourth-order valence-electron chi connectivity index (χ4n) is 3.73. The fourth-order valence-corrected chi connectivity index (χ4v) is 3.73. The zero-order valence-electron chi connectivity index (χ0n) is 20.6. The largest absolute Gasteiger partial charge is 0.462 e. The Labute approximate surface area is 205 Å². The standard InChI is InChI=1S/C21H27N5O10/c1-9(27)22-21-23-19-17(20(33)24-21)26(11(3)29)15(7-25(19)10(2)28)18(36-14(6)32)16(35-13(5)31)8-34-12(4)30/h15-16,18H,7-8H2,1-6H3,(H2,22,23,24,27,33)/t15-,16+,18+/m1/s1. The van der Waals surface area contributed by atoms with Gasteiger partial charge in [0.15, 0.2) is 23.7 Å². The molecule has 36 heavy (non-hydrogen) atoms. The lowest BCUT2D eigenvalue weighted by molar-refractivity contribution is -0.174. The molecule has 15 heteroatoms. The summed E-state index contributed by atoms with van der Waals surface area (Å²) in [6.07, 6.45) is -2.87. The lowest BCUT2D eigenvalue weighted by atomic mass is 9.99. The van der Waals surface area contributed by atoms with E-state index in [0.717, 1.165) is 37.5 Å². The molecule has 3 amide bonds. The Morgan fingerprint density at radius 2 is 1.58 bits per heavy atom. The maximum absolute atomic E-state index is 13.1. The molecule has 2 N–H and O–H groups in total. The van der Waals surface area contributed by atoms with Gasteiger partial charge in [-0.3, -0.25) is 53.7 Å². The van der Waals surface area contributed by atoms with Crippen LogP contribution >= 0.6 is 0 Å². The first-order chi connectivity index (χ1) is 16.7. The Morgan fingerprint density at radius 3 is 2.06 bits per heavy atom. The van der Waals surface area contributed by atoms with E-state index < -0.39 is 66.0 Å². The molecule has 1 aromatic rings. The third-order valence-electron chi connectivity index (χ3n) is 4.90. The molecule has 15 nitrogen and oxygen atoms in total. The third kappa shape index (κ3) is 6.64. The van der Waals surface area contributed by atoms with Crippen molar-refractivity contribution in [3.8, 4) is 0 Å². The first-order valence-corrected chi connectivity index (χ1v) is 10.7. The van der Waals surface area contributed by atoms with Crippen LogP contribution in [-0.4, -0.2) is 77.0 Å². The van der Waals surface area contributed by atoms with Crippen molar-refractivity contribution in [3.63, 3.8) is 0 Å². The summed E-state index contributed by atoms with van der Waals surface area (Å²) in [7, 11) is 0. The molecule has 1 aliphatic heterocycles. The fraction of sp³-hybridized carbons (Fsp3) is 0.524. The minimum Gasteiger partial charge on any atom is -0.462 e. The topological polar surface area (TPSA) is 194 Å².